The normalized spacial score (nSPS) is 14.5. The Bertz CT molecular complexity index is 1410. The van der Waals surface area contributed by atoms with E-state index in [0.717, 1.165) is 58.8 Å². The number of hydrogen-bond acceptors (Lipinski definition) is 6. The van der Waals surface area contributed by atoms with Gasteiger partial charge in [0, 0.05) is 33.6 Å². The van der Waals surface area contributed by atoms with Gasteiger partial charge in [-0.05, 0) is 78.7 Å². The molecule has 0 saturated carbocycles. The number of carbonyl (C=O) groups excluding carboxylic acids is 1. The molecule has 192 valence electrons. The molecule has 0 aliphatic carbocycles. The van der Waals surface area contributed by atoms with Gasteiger partial charge in [-0.2, -0.15) is 13.2 Å². The van der Waals surface area contributed by atoms with Crippen LogP contribution in [0.1, 0.15) is 13.3 Å². The predicted octanol–water partition coefficient (Wildman–Crippen LogP) is 6.88. The molecule has 0 bridgehead atoms. The van der Waals surface area contributed by atoms with Crippen LogP contribution in [0, 0.1) is 0 Å². The number of fused-ring (bicyclic) bond motifs is 1. The smallest absolute Gasteiger partial charge is 0.491 e. The fraction of sp³-hybridized carbons (Fsp3) is 0.250. The molecule has 2 heterocycles. The molecular formula is C28H24F3NO4S. The Hall–Kier alpha value is -3.56. The minimum atomic E-state index is -5.08. The topological polar surface area (TPSA) is 59.0 Å². The third-order valence-electron chi connectivity index (χ3n) is 6.14. The largest absolute Gasteiger partial charge is 0.508 e. The Kier molecular flexibility index (Phi) is 6.83. The maximum atomic E-state index is 12.7. The highest BCUT2D eigenvalue weighted by Crippen LogP contribution is 2.46. The van der Waals surface area contributed by atoms with Crippen LogP contribution in [0.2, 0.25) is 0 Å². The summed E-state index contributed by atoms with van der Waals surface area (Å²) < 4.78 is 49.3. The Balaban J connectivity index is 1.48. The number of benzene rings is 3. The molecule has 3 aromatic carbocycles. The summed E-state index contributed by atoms with van der Waals surface area (Å²) in [5.74, 6) is -1.54. The maximum absolute atomic E-state index is 12.7. The number of thiophene rings is 1. The van der Waals surface area contributed by atoms with E-state index >= 15 is 0 Å². The number of nitrogens with zero attached hydrogens (tertiary/aromatic N) is 1. The van der Waals surface area contributed by atoms with Crippen molar-refractivity contribution >= 4 is 27.4 Å². The summed E-state index contributed by atoms with van der Waals surface area (Å²) in [5, 5.41) is 10.5. The molecule has 37 heavy (non-hydrogen) atoms. The second-order valence-corrected chi connectivity index (χ2v) is 9.97. The van der Waals surface area contributed by atoms with Crippen molar-refractivity contribution in [2.24, 2.45) is 0 Å². The van der Waals surface area contributed by atoms with Crippen molar-refractivity contribution in [2.75, 3.05) is 19.6 Å². The minimum absolute atomic E-state index is 0.128. The first kappa shape index (κ1) is 25.1. The summed E-state index contributed by atoms with van der Waals surface area (Å²) in [5.41, 5.74) is 2.64. The van der Waals surface area contributed by atoms with Crippen molar-refractivity contribution in [3.8, 4) is 38.8 Å². The van der Waals surface area contributed by atoms with Crippen molar-refractivity contribution in [3.05, 3.63) is 66.7 Å². The van der Waals surface area contributed by atoms with Gasteiger partial charge in [0.2, 0.25) is 0 Å². The van der Waals surface area contributed by atoms with E-state index in [2.05, 4.69) is 16.6 Å². The number of phenolic OH excluding ortho intramolecular Hbond substituents is 1. The first-order valence-electron chi connectivity index (χ1n) is 11.9. The molecular weight excluding hydrogens is 503 g/mol. The van der Waals surface area contributed by atoms with Crippen molar-refractivity contribution in [1.29, 1.82) is 0 Å². The number of ether oxygens (including phenoxy) is 2. The van der Waals surface area contributed by atoms with Crippen LogP contribution in [-0.2, 0) is 4.79 Å². The molecule has 1 saturated heterocycles. The maximum Gasteiger partial charge on any atom is 0.491 e. The third-order valence-corrected chi connectivity index (χ3v) is 7.34. The van der Waals surface area contributed by atoms with Gasteiger partial charge in [-0.25, -0.2) is 4.79 Å². The lowest BCUT2D eigenvalue weighted by atomic mass is 9.98. The van der Waals surface area contributed by atoms with E-state index in [1.54, 1.807) is 30.3 Å². The second-order valence-electron chi connectivity index (χ2n) is 8.92. The Morgan fingerprint density at radius 3 is 2.30 bits per heavy atom. The summed E-state index contributed by atoms with van der Waals surface area (Å²) in [7, 11) is 0. The van der Waals surface area contributed by atoms with Gasteiger partial charge < -0.3 is 14.6 Å². The molecule has 0 atom stereocenters. The average molecular weight is 528 g/mol. The highest BCUT2D eigenvalue weighted by atomic mass is 32.1. The van der Waals surface area contributed by atoms with Gasteiger partial charge in [-0.3, -0.25) is 4.90 Å². The molecule has 0 spiro atoms. The summed E-state index contributed by atoms with van der Waals surface area (Å²) >= 11 is 1.37. The van der Waals surface area contributed by atoms with Gasteiger partial charge in [-0.1, -0.05) is 19.1 Å². The lowest BCUT2D eigenvalue weighted by molar-refractivity contribution is -0.189. The van der Waals surface area contributed by atoms with Crippen LogP contribution in [-0.4, -0.2) is 47.9 Å². The highest BCUT2D eigenvalue weighted by molar-refractivity contribution is 7.23. The first-order chi connectivity index (χ1) is 17.7. The van der Waals surface area contributed by atoms with E-state index in [9.17, 15) is 23.1 Å². The van der Waals surface area contributed by atoms with Gasteiger partial charge in [-0.15, -0.1) is 11.3 Å². The lowest BCUT2D eigenvalue weighted by Crippen LogP contribution is -2.53. The zero-order valence-electron chi connectivity index (χ0n) is 19.9. The second kappa shape index (κ2) is 10.1. The molecule has 1 fully saturated rings. The van der Waals surface area contributed by atoms with E-state index in [1.807, 2.05) is 24.3 Å². The highest BCUT2D eigenvalue weighted by Gasteiger charge is 2.41. The fourth-order valence-corrected chi connectivity index (χ4v) is 5.66. The molecule has 1 aliphatic rings. The predicted molar refractivity (Wildman–Crippen MR) is 137 cm³/mol. The molecule has 0 unspecified atom stereocenters. The number of phenols is 1. The van der Waals surface area contributed by atoms with Crippen LogP contribution in [0.25, 0.3) is 31.7 Å². The number of rotatable bonds is 7. The molecule has 0 amide bonds. The van der Waals surface area contributed by atoms with Gasteiger partial charge in [0.05, 0.1) is 0 Å². The van der Waals surface area contributed by atoms with Crippen molar-refractivity contribution < 1.29 is 32.5 Å². The standard InChI is InChI=1S/C28H24F3NO4S/c1-2-13-32-15-22(16-32)35-20-9-5-17(6-10-20)25-23-12-11-21(36-27(34)28(29,30)31)14-24(23)37-26(25)18-3-7-19(33)8-4-18/h3-12,14,22,33H,2,13,15-16H2,1H3. The van der Waals surface area contributed by atoms with Crippen LogP contribution in [0.15, 0.2) is 66.7 Å². The Morgan fingerprint density at radius 1 is 1.00 bits per heavy atom. The Labute approximate surface area is 215 Å². The zero-order chi connectivity index (χ0) is 26.2. The monoisotopic (exact) mass is 527 g/mol. The molecule has 4 aromatic rings. The first-order valence-corrected chi connectivity index (χ1v) is 12.7. The van der Waals surface area contributed by atoms with E-state index in [-0.39, 0.29) is 17.6 Å². The Morgan fingerprint density at radius 2 is 1.65 bits per heavy atom. The van der Waals surface area contributed by atoms with Crippen molar-refractivity contribution in [2.45, 2.75) is 25.6 Å². The number of hydrogen-bond donors (Lipinski definition) is 1. The van der Waals surface area contributed by atoms with Crippen LogP contribution in [0.3, 0.4) is 0 Å². The van der Waals surface area contributed by atoms with E-state index in [1.165, 1.54) is 23.5 Å². The van der Waals surface area contributed by atoms with Gasteiger partial charge in [0.15, 0.2) is 0 Å². The summed E-state index contributed by atoms with van der Waals surface area (Å²) in [4.78, 5) is 14.5. The van der Waals surface area contributed by atoms with Gasteiger partial charge in [0.25, 0.3) is 0 Å². The van der Waals surface area contributed by atoms with Crippen molar-refractivity contribution in [3.63, 3.8) is 0 Å². The summed E-state index contributed by atoms with van der Waals surface area (Å²) in [6.07, 6.45) is -3.79. The van der Waals surface area contributed by atoms with E-state index in [4.69, 9.17) is 4.74 Å². The van der Waals surface area contributed by atoms with Crippen molar-refractivity contribution in [1.82, 2.24) is 4.90 Å². The van der Waals surface area contributed by atoms with E-state index < -0.39 is 12.1 Å². The van der Waals surface area contributed by atoms with Gasteiger partial charge >= 0.3 is 12.1 Å². The lowest BCUT2D eigenvalue weighted by Gasteiger charge is -2.38. The molecule has 1 aliphatic heterocycles. The number of carbonyl (C=O) groups is 1. The number of likely N-dealkylation sites (tertiary alicyclic amines) is 1. The number of halogens is 3. The van der Waals surface area contributed by atoms with Crippen LogP contribution in [0.5, 0.6) is 17.2 Å². The third kappa shape index (κ3) is 5.42. The molecule has 5 rings (SSSR count). The summed E-state index contributed by atoms with van der Waals surface area (Å²) in [6, 6.07) is 18.9. The molecule has 1 N–H and O–H groups in total. The number of alkyl halides is 3. The van der Waals surface area contributed by atoms with Crippen LogP contribution in [0.4, 0.5) is 13.2 Å². The minimum Gasteiger partial charge on any atom is -0.508 e. The molecule has 1 aromatic heterocycles. The number of esters is 1. The molecule has 9 heteroatoms. The van der Waals surface area contributed by atoms with Crippen LogP contribution >= 0.6 is 11.3 Å². The van der Waals surface area contributed by atoms with Gasteiger partial charge in [0.1, 0.15) is 23.4 Å². The quantitative estimate of drug-likeness (QED) is 0.210. The number of aromatic hydroxyl groups is 1. The molecule has 5 nitrogen and oxygen atoms in total. The average Bonchev–Trinajstić information content (AvgIpc) is 3.22. The van der Waals surface area contributed by atoms with E-state index in [0.29, 0.717) is 4.70 Å². The zero-order valence-corrected chi connectivity index (χ0v) is 20.7. The van der Waals surface area contributed by atoms with Crippen LogP contribution < -0.4 is 9.47 Å². The SMILES string of the molecule is CCCN1CC(Oc2ccc(-c3c(-c4ccc(O)cc4)sc4cc(OC(=O)C(F)(F)F)ccc34)cc2)C1. The fourth-order valence-electron chi connectivity index (χ4n) is 4.40. The summed E-state index contributed by atoms with van der Waals surface area (Å²) in [6.45, 7) is 5.05. The molecule has 0 radical (unpaired) electrons.